The Morgan fingerprint density at radius 3 is 2.48 bits per heavy atom. The normalized spacial score (nSPS) is 15.6. The van der Waals surface area contributed by atoms with Crippen molar-refractivity contribution < 1.29 is 8.95 Å². The number of hydrogen-bond donors (Lipinski definition) is 1. The van der Waals surface area contributed by atoms with Crippen LogP contribution in [0.5, 0.6) is 5.75 Å². The fourth-order valence-corrected chi connectivity index (χ4v) is 3.36. The van der Waals surface area contributed by atoms with Crippen LogP contribution in [-0.4, -0.2) is 29.4 Å². The summed E-state index contributed by atoms with van der Waals surface area (Å²) in [5.41, 5.74) is 1.24. The lowest BCUT2D eigenvalue weighted by atomic mass is 10.0. The van der Waals surface area contributed by atoms with E-state index in [0.29, 0.717) is 5.75 Å². The van der Waals surface area contributed by atoms with Crippen LogP contribution in [0, 0.1) is 0 Å². The third-order valence-electron chi connectivity index (χ3n) is 3.59. The third-order valence-corrected chi connectivity index (χ3v) is 4.56. The van der Waals surface area contributed by atoms with Crippen LogP contribution in [0.4, 0.5) is 0 Å². The van der Waals surface area contributed by atoms with Crippen molar-refractivity contribution in [2.45, 2.75) is 25.9 Å². The van der Waals surface area contributed by atoms with Gasteiger partial charge < -0.3 is 10.1 Å². The van der Waals surface area contributed by atoms with Crippen molar-refractivity contribution >= 4 is 21.6 Å². The Morgan fingerprint density at radius 2 is 1.81 bits per heavy atom. The Morgan fingerprint density at radius 1 is 1.14 bits per heavy atom. The van der Waals surface area contributed by atoms with E-state index in [9.17, 15) is 4.21 Å². The molecule has 0 bridgehead atoms. The van der Waals surface area contributed by atoms with E-state index in [1.54, 1.807) is 13.4 Å². The number of benzene rings is 2. The molecule has 0 saturated carbocycles. The lowest BCUT2D eigenvalue weighted by Crippen LogP contribution is -2.33. The highest BCUT2D eigenvalue weighted by Crippen LogP contribution is 2.24. The molecule has 3 unspecified atom stereocenters. The van der Waals surface area contributed by atoms with Gasteiger partial charge in [-0.15, -0.1) is 0 Å². The van der Waals surface area contributed by atoms with Crippen molar-refractivity contribution in [2.24, 2.45) is 0 Å². The third kappa shape index (κ3) is 4.29. The van der Waals surface area contributed by atoms with E-state index >= 15 is 0 Å². The Hall–Kier alpha value is -1.39. The van der Waals surface area contributed by atoms with E-state index in [-0.39, 0.29) is 12.1 Å². The Bertz CT molecular complexity index is 642. The van der Waals surface area contributed by atoms with Gasteiger partial charge in [-0.2, -0.15) is 0 Å². The fraction of sp³-hybridized carbons (Fsp3) is 0.412. The predicted molar refractivity (Wildman–Crippen MR) is 90.4 cm³/mol. The van der Waals surface area contributed by atoms with Gasteiger partial charge in [0.05, 0.1) is 7.11 Å². The molecule has 3 atom stereocenters. The molecule has 2 aromatic carbocycles. The van der Waals surface area contributed by atoms with Crippen LogP contribution in [0.1, 0.15) is 25.5 Å². The highest BCUT2D eigenvalue weighted by atomic mass is 32.2. The second-order valence-electron chi connectivity index (χ2n) is 5.50. The molecule has 2 aromatic rings. The van der Waals surface area contributed by atoms with Crippen LogP contribution >= 0.6 is 0 Å². The average molecular weight is 305 g/mol. The van der Waals surface area contributed by atoms with Gasteiger partial charge in [-0.25, -0.2) is 0 Å². The van der Waals surface area contributed by atoms with Gasteiger partial charge in [0.1, 0.15) is 5.75 Å². The minimum absolute atomic E-state index is 0.232. The molecular weight excluding hydrogens is 282 g/mol. The first-order valence-electron chi connectivity index (χ1n) is 7.13. The van der Waals surface area contributed by atoms with Gasteiger partial charge in [0.2, 0.25) is 0 Å². The van der Waals surface area contributed by atoms with Crippen LogP contribution in [0.15, 0.2) is 36.4 Å². The van der Waals surface area contributed by atoms with Crippen LogP contribution in [0.2, 0.25) is 0 Å². The maximum absolute atomic E-state index is 11.3. The van der Waals surface area contributed by atoms with Crippen molar-refractivity contribution in [1.29, 1.82) is 0 Å². The Labute approximate surface area is 129 Å². The summed E-state index contributed by atoms with van der Waals surface area (Å²) in [4.78, 5) is 0. The average Bonchev–Trinajstić information content (AvgIpc) is 2.45. The number of rotatable bonds is 6. The minimum atomic E-state index is -0.771. The molecule has 0 aromatic heterocycles. The first-order chi connectivity index (χ1) is 9.99. The molecule has 21 heavy (non-hydrogen) atoms. The lowest BCUT2D eigenvalue weighted by Gasteiger charge is -2.20. The van der Waals surface area contributed by atoms with Crippen molar-refractivity contribution in [3.63, 3.8) is 0 Å². The number of nitrogens with one attached hydrogen (secondary N) is 1. The van der Waals surface area contributed by atoms with Crippen molar-refractivity contribution in [2.75, 3.05) is 19.1 Å². The van der Waals surface area contributed by atoms with E-state index in [1.807, 2.05) is 12.1 Å². The summed E-state index contributed by atoms with van der Waals surface area (Å²) in [6, 6.07) is 13.0. The molecular formula is C17H23NO2S. The summed E-state index contributed by atoms with van der Waals surface area (Å²) in [5.74, 6) is 1.55. The Balaban J connectivity index is 2.16. The van der Waals surface area contributed by atoms with Crippen molar-refractivity contribution in [3.8, 4) is 5.75 Å². The maximum Gasteiger partial charge on any atom is 0.119 e. The van der Waals surface area contributed by atoms with Crippen molar-refractivity contribution in [3.05, 3.63) is 42.0 Å². The number of methoxy groups -OCH3 is 1. The summed E-state index contributed by atoms with van der Waals surface area (Å²) in [7, 11) is 0.910. The van der Waals surface area contributed by atoms with E-state index in [0.717, 1.165) is 5.75 Å². The summed E-state index contributed by atoms with van der Waals surface area (Å²) < 4.78 is 16.5. The van der Waals surface area contributed by atoms with Gasteiger partial charge in [-0.3, -0.25) is 4.21 Å². The highest BCUT2D eigenvalue weighted by molar-refractivity contribution is 7.84. The second-order valence-corrected chi connectivity index (χ2v) is 6.98. The standard InChI is InChI=1S/C17H23NO2S/c1-12(11-21(4)19)18-13(2)14-5-6-16-10-17(20-3)8-7-15(16)9-14/h5-10,12-13,18H,11H2,1-4H3. The predicted octanol–water partition coefficient (Wildman–Crippen LogP) is 3.27. The molecule has 0 aliphatic heterocycles. The number of ether oxygens (including phenoxy) is 1. The van der Waals surface area contributed by atoms with Gasteiger partial charge in [0.15, 0.2) is 0 Å². The zero-order valence-corrected chi connectivity index (χ0v) is 13.9. The SMILES string of the molecule is COc1ccc2cc(C(C)NC(C)CS(C)=O)ccc2c1. The molecule has 0 spiro atoms. The topological polar surface area (TPSA) is 38.3 Å². The molecule has 3 nitrogen and oxygen atoms in total. The fourth-order valence-electron chi connectivity index (χ4n) is 2.56. The first-order valence-corrected chi connectivity index (χ1v) is 8.86. The van der Waals surface area contributed by atoms with Crippen LogP contribution < -0.4 is 10.1 Å². The molecule has 0 aliphatic carbocycles. The summed E-state index contributed by atoms with van der Waals surface area (Å²) in [5, 5.41) is 5.87. The molecule has 0 aliphatic rings. The van der Waals surface area contributed by atoms with Gasteiger partial charge in [-0.05, 0) is 48.4 Å². The first kappa shape index (κ1) is 16.0. The summed E-state index contributed by atoms with van der Waals surface area (Å²) >= 11 is 0. The molecule has 4 heteroatoms. The number of hydrogen-bond acceptors (Lipinski definition) is 3. The van der Waals surface area contributed by atoms with Crippen molar-refractivity contribution in [1.82, 2.24) is 5.32 Å². The molecule has 0 radical (unpaired) electrons. The summed E-state index contributed by atoms with van der Waals surface area (Å²) in [6.07, 6.45) is 1.74. The number of fused-ring (bicyclic) bond motifs is 1. The van der Waals surface area contributed by atoms with Gasteiger partial charge in [0.25, 0.3) is 0 Å². The molecule has 1 N–H and O–H groups in total. The summed E-state index contributed by atoms with van der Waals surface area (Å²) in [6.45, 7) is 4.21. The molecule has 114 valence electrons. The lowest BCUT2D eigenvalue weighted by molar-refractivity contribution is 0.415. The van der Waals surface area contributed by atoms with Gasteiger partial charge in [-0.1, -0.05) is 18.2 Å². The Kier molecular flexibility index (Phi) is 5.37. The van der Waals surface area contributed by atoms with E-state index in [2.05, 4.69) is 43.4 Å². The molecule has 0 fully saturated rings. The molecule has 0 amide bonds. The van der Waals surface area contributed by atoms with Crippen LogP contribution in [0.25, 0.3) is 10.8 Å². The second kappa shape index (κ2) is 7.05. The quantitative estimate of drug-likeness (QED) is 0.890. The zero-order chi connectivity index (χ0) is 15.4. The maximum atomic E-state index is 11.3. The van der Waals surface area contributed by atoms with Crippen LogP contribution in [-0.2, 0) is 10.8 Å². The zero-order valence-electron chi connectivity index (χ0n) is 13.1. The molecule has 0 saturated heterocycles. The monoisotopic (exact) mass is 305 g/mol. The highest BCUT2D eigenvalue weighted by Gasteiger charge is 2.11. The van der Waals surface area contributed by atoms with E-state index in [4.69, 9.17) is 4.74 Å². The molecule has 2 rings (SSSR count). The van der Waals surface area contributed by atoms with E-state index < -0.39 is 10.8 Å². The smallest absolute Gasteiger partial charge is 0.119 e. The van der Waals surface area contributed by atoms with Crippen LogP contribution in [0.3, 0.4) is 0 Å². The minimum Gasteiger partial charge on any atom is -0.497 e. The van der Waals surface area contributed by atoms with Gasteiger partial charge >= 0.3 is 0 Å². The van der Waals surface area contributed by atoms with Gasteiger partial charge in [0, 0.05) is 34.9 Å². The molecule has 0 heterocycles. The largest absolute Gasteiger partial charge is 0.497 e. The van der Waals surface area contributed by atoms with E-state index in [1.165, 1.54) is 16.3 Å².